The summed E-state index contributed by atoms with van der Waals surface area (Å²) in [6, 6.07) is -0.449. The first-order chi connectivity index (χ1) is 5.70. The van der Waals surface area contributed by atoms with Gasteiger partial charge in [-0.1, -0.05) is 0 Å². The molecule has 0 radical (unpaired) electrons. The molecule has 1 N–H and O–H groups in total. The van der Waals surface area contributed by atoms with E-state index in [0.29, 0.717) is 12.2 Å². The molecule has 0 saturated carbocycles. The first kappa shape index (κ1) is 7.27. The normalized spacial score (nSPS) is 20.9. The fraction of sp³-hybridized carbons (Fsp3) is 0.571. The lowest BCUT2D eigenvalue weighted by Gasteiger charge is -2.07. The lowest BCUT2D eigenvalue weighted by atomic mass is 10.2. The average Bonchev–Trinajstić information content (AvgIpc) is 2.53. The van der Waals surface area contributed by atoms with Gasteiger partial charge in [-0.15, -0.1) is 10.2 Å². The molecular weight excluding hydrogens is 158 g/mol. The van der Waals surface area contributed by atoms with Crippen LogP contribution in [0.4, 0.5) is 0 Å². The van der Waals surface area contributed by atoms with Gasteiger partial charge in [-0.2, -0.15) is 0 Å². The highest BCUT2D eigenvalue weighted by atomic mass is 16.4. The zero-order valence-electron chi connectivity index (χ0n) is 6.69. The van der Waals surface area contributed by atoms with Crippen LogP contribution in [0.5, 0.6) is 0 Å². The van der Waals surface area contributed by atoms with E-state index in [0.717, 1.165) is 12.2 Å². The van der Waals surface area contributed by atoms with Crippen molar-refractivity contribution >= 4 is 5.97 Å². The van der Waals surface area contributed by atoms with Gasteiger partial charge in [0.25, 0.3) is 0 Å². The Morgan fingerprint density at radius 1 is 1.67 bits per heavy atom. The van der Waals surface area contributed by atoms with E-state index in [1.807, 2.05) is 0 Å². The molecule has 2 heterocycles. The molecule has 64 valence electrons. The minimum Gasteiger partial charge on any atom is -0.480 e. The van der Waals surface area contributed by atoms with Crippen molar-refractivity contribution in [2.75, 3.05) is 0 Å². The Balaban J connectivity index is 2.46. The number of fused-ring (bicyclic) bond motifs is 1. The smallest absolute Gasteiger partial charge is 0.326 e. The molecule has 0 spiro atoms. The number of carboxylic acids is 1. The lowest BCUT2D eigenvalue weighted by Crippen LogP contribution is -2.16. The first-order valence-electron chi connectivity index (χ1n) is 3.83. The topological polar surface area (TPSA) is 68.0 Å². The summed E-state index contributed by atoms with van der Waals surface area (Å²) in [5, 5.41) is 16.5. The molecule has 5 heteroatoms. The van der Waals surface area contributed by atoms with Crippen molar-refractivity contribution in [2.24, 2.45) is 0 Å². The maximum atomic E-state index is 10.7. The predicted molar refractivity (Wildman–Crippen MR) is 39.8 cm³/mol. The summed E-state index contributed by atoms with van der Waals surface area (Å²) in [6.07, 6.45) is 1.36. The van der Waals surface area contributed by atoms with Gasteiger partial charge >= 0.3 is 5.97 Å². The van der Waals surface area contributed by atoms with Crippen molar-refractivity contribution < 1.29 is 9.90 Å². The number of carbonyl (C=O) groups is 1. The van der Waals surface area contributed by atoms with Crippen LogP contribution < -0.4 is 0 Å². The molecule has 1 unspecified atom stereocenters. The third kappa shape index (κ3) is 0.823. The first-order valence-corrected chi connectivity index (χ1v) is 3.83. The number of carboxylic acid groups (broad SMARTS) is 1. The summed E-state index contributed by atoms with van der Waals surface area (Å²) in [4.78, 5) is 10.7. The summed E-state index contributed by atoms with van der Waals surface area (Å²) in [6.45, 7) is 1.78. The van der Waals surface area contributed by atoms with E-state index in [-0.39, 0.29) is 0 Å². The molecule has 0 saturated heterocycles. The van der Waals surface area contributed by atoms with Crippen LogP contribution in [0, 0.1) is 6.92 Å². The monoisotopic (exact) mass is 167 g/mol. The number of aryl methyl sites for hydroxylation is 2. The molecule has 0 fully saturated rings. The molecule has 1 atom stereocenters. The Morgan fingerprint density at radius 3 is 3.08 bits per heavy atom. The summed E-state index contributed by atoms with van der Waals surface area (Å²) >= 11 is 0. The van der Waals surface area contributed by atoms with Gasteiger partial charge in [0.2, 0.25) is 0 Å². The Morgan fingerprint density at radius 2 is 2.42 bits per heavy atom. The van der Waals surface area contributed by atoms with E-state index in [2.05, 4.69) is 10.2 Å². The predicted octanol–water partition coefficient (Wildman–Crippen LogP) is 0.158. The number of hydrogen-bond acceptors (Lipinski definition) is 3. The second-order valence-electron chi connectivity index (χ2n) is 2.93. The van der Waals surface area contributed by atoms with Crippen molar-refractivity contribution in [1.29, 1.82) is 0 Å². The van der Waals surface area contributed by atoms with Crippen LogP contribution in [-0.2, 0) is 11.2 Å². The van der Waals surface area contributed by atoms with Gasteiger partial charge in [0, 0.05) is 6.42 Å². The largest absolute Gasteiger partial charge is 0.480 e. The van der Waals surface area contributed by atoms with Gasteiger partial charge in [0.05, 0.1) is 0 Å². The van der Waals surface area contributed by atoms with Crippen LogP contribution in [-0.4, -0.2) is 25.8 Å². The Kier molecular flexibility index (Phi) is 1.39. The summed E-state index contributed by atoms with van der Waals surface area (Å²) in [7, 11) is 0. The zero-order valence-corrected chi connectivity index (χ0v) is 6.69. The average molecular weight is 167 g/mol. The quantitative estimate of drug-likeness (QED) is 0.646. The molecule has 1 aliphatic heterocycles. The van der Waals surface area contributed by atoms with E-state index in [1.54, 1.807) is 11.5 Å². The summed E-state index contributed by atoms with van der Waals surface area (Å²) < 4.78 is 1.70. The minimum absolute atomic E-state index is 0.449. The Hall–Kier alpha value is -1.39. The van der Waals surface area contributed by atoms with Crippen molar-refractivity contribution in [2.45, 2.75) is 25.8 Å². The summed E-state index contributed by atoms with van der Waals surface area (Å²) in [5.41, 5.74) is 0. The van der Waals surface area contributed by atoms with E-state index < -0.39 is 12.0 Å². The highest BCUT2D eigenvalue weighted by molar-refractivity contribution is 5.72. The van der Waals surface area contributed by atoms with Crippen molar-refractivity contribution in [1.82, 2.24) is 14.8 Å². The molecule has 0 amide bonds. The molecule has 12 heavy (non-hydrogen) atoms. The number of aliphatic carboxylic acids is 1. The van der Waals surface area contributed by atoms with Gasteiger partial charge in [0.15, 0.2) is 0 Å². The third-order valence-corrected chi connectivity index (χ3v) is 2.17. The van der Waals surface area contributed by atoms with Gasteiger partial charge in [-0.05, 0) is 13.3 Å². The molecule has 2 rings (SSSR count). The fourth-order valence-electron chi connectivity index (χ4n) is 1.62. The van der Waals surface area contributed by atoms with Crippen LogP contribution in [0.2, 0.25) is 0 Å². The van der Waals surface area contributed by atoms with Crippen LogP contribution >= 0.6 is 0 Å². The molecule has 1 aromatic heterocycles. The lowest BCUT2D eigenvalue weighted by molar-refractivity contribution is -0.140. The molecular formula is C7H9N3O2. The fourth-order valence-corrected chi connectivity index (χ4v) is 1.62. The Bertz CT molecular complexity index is 331. The van der Waals surface area contributed by atoms with Crippen LogP contribution in [0.3, 0.4) is 0 Å². The van der Waals surface area contributed by atoms with Crippen molar-refractivity contribution in [3.8, 4) is 0 Å². The van der Waals surface area contributed by atoms with Crippen LogP contribution in [0.25, 0.3) is 0 Å². The minimum atomic E-state index is -0.795. The third-order valence-electron chi connectivity index (χ3n) is 2.17. The van der Waals surface area contributed by atoms with Crippen molar-refractivity contribution in [3.05, 3.63) is 11.6 Å². The number of aromatic nitrogens is 3. The number of rotatable bonds is 1. The number of nitrogens with zero attached hydrogens (tertiary/aromatic N) is 3. The SMILES string of the molecule is Cc1nnc2n1C(C(=O)O)CC2. The van der Waals surface area contributed by atoms with Gasteiger partial charge in [-0.3, -0.25) is 0 Å². The highest BCUT2D eigenvalue weighted by Gasteiger charge is 2.30. The maximum Gasteiger partial charge on any atom is 0.326 e. The Labute approximate surface area is 69.0 Å². The summed E-state index contributed by atoms with van der Waals surface area (Å²) in [5.74, 6) is 0.687. The zero-order chi connectivity index (χ0) is 8.72. The molecule has 1 aliphatic rings. The molecule has 5 nitrogen and oxygen atoms in total. The van der Waals surface area contributed by atoms with E-state index in [4.69, 9.17) is 5.11 Å². The van der Waals surface area contributed by atoms with E-state index in [9.17, 15) is 4.79 Å². The maximum absolute atomic E-state index is 10.7. The van der Waals surface area contributed by atoms with Crippen LogP contribution in [0.1, 0.15) is 24.1 Å². The van der Waals surface area contributed by atoms with Crippen LogP contribution in [0.15, 0.2) is 0 Å². The molecule has 0 aliphatic carbocycles. The second kappa shape index (κ2) is 2.30. The number of hydrogen-bond donors (Lipinski definition) is 1. The van der Waals surface area contributed by atoms with E-state index >= 15 is 0 Å². The standard InChI is InChI=1S/C7H9N3O2/c1-4-8-9-6-3-2-5(7(11)12)10(4)6/h5H,2-3H2,1H3,(H,11,12). The van der Waals surface area contributed by atoms with Gasteiger partial charge < -0.3 is 9.67 Å². The van der Waals surface area contributed by atoms with E-state index in [1.165, 1.54) is 0 Å². The molecule has 1 aromatic rings. The van der Waals surface area contributed by atoms with Crippen molar-refractivity contribution in [3.63, 3.8) is 0 Å². The van der Waals surface area contributed by atoms with Gasteiger partial charge in [0.1, 0.15) is 17.7 Å². The molecule has 0 bridgehead atoms. The highest BCUT2D eigenvalue weighted by Crippen LogP contribution is 2.25. The van der Waals surface area contributed by atoms with Gasteiger partial charge in [-0.25, -0.2) is 4.79 Å². The second-order valence-corrected chi connectivity index (χ2v) is 2.93. The molecule has 0 aromatic carbocycles.